The van der Waals surface area contributed by atoms with Gasteiger partial charge in [0.2, 0.25) is 0 Å². The van der Waals surface area contributed by atoms with Crippen LogP contribution in [0.2, 0.25) is 0 Å². The standard InChI is InChI=1S/C16H16O4S/c1-21(18,19)15-6-4-11(5-7-15)16(17)12-2-3-13-9-20-10-14(13)8-12/h2-8,16-17H,9-10H2,1H3. The lowest BCUT2D eigenvalue weighted by Gasteiger charge is -2.13. The van der Waals surface area contributed by atoms with Crippen molar-refractivity contribution in [1.29, 1.82) is 0 Å². The zero-order valence-electron chi connectivity index (χ0n) is 11.6. The second-order valence-electron chi connectivity index (χ2n) is 5.26. The van der Waals surface area contributed by atoms with Gasteiger partial charge in [0.15, 0.2) is 9.84 Å². The molecule has 1 aliphatic heterocycles. The molecule has 0 aliphatic carbocycles. The van der Waals surface area contributed by atoms with Crippen molar-refractivity contribution in [2.75, 3.05) is 6.26 Å². The molecule has 2 aromatic carbocycles. The van der Waals surface area contributed by atoms with Gasteiger partial charge in [-0.05, 0) is 34.4 Å². The van der Waals surface area contributed by atoms with Crippen molar-refractivity contribution in [3.63, 3.8) is 0 Å². The molecular weight excluding hydrogens is 288 g/mol. The summed E-state index contributed by atoms with van der Waals surface area (Å²) in [4.78, 5) is 0.251. The van der Waals surface area contributed by atoms with Gasteiger partial charge in [-0.25, -0.2) is 8.42 Å². The normalized spacial score (nSPS) is 15.7. The van der Waals surface area contributed by atoms with Gasteiger partial charge in [0, 0.05) is 6.26 Å². The maximum Gasteiger partial charge on any atom is 0.175 e. The monoisotopic (exact) mass is 304 g/mol. The third-order valence-corrected chi connectivity index (χ3v) is 4.81. The van der Waals surface area contributed by atoms with E-state index >= 15 is 0 Å². The minimum Gasteiger partial charge on any atom is -0.384 e. The molecule has 3 rings (SSSR count). The molecule has 0 amide bonds. The highest BCUT2D eigenvalue weighted by Crippen LogP contribution is 2.28. The van der Waals surface area contributed by atoms with E-state index in [1.54, 1.807) is 12.1 Å². The van der Waals surface area contributed by atoms with E-state index in [1.807, 2.05) is 18.2 Å². The first kappa shape index (κ1) is 14.3. The first-order valence-corrected chi connectivity index (χ1v) is 8.52. The molecule has 1 heterocycles. The Hall–Kier alpha value is -1.69. The van der Waals surface area contributed by atoms with Crippen LogP contribution in [-0.4, -0.2) is 19.8 Å². The van der Waals surface area contributed by atoms with E-state index in [0.29, 0.717) is 18.8 Å². The Morgan fingerprint density at radius 2 is 1.62 bits per heavy atom. The maximum absolute atomic E-state index is 11.4. The van der Waals surface area contributed by atoms with Gasteiger partial charge in [0.05, 0.1) is 18.1 Å². The lowest BCUT2D eigenvalue weighted by molar-refractivity contribution is 0.134. The van der Waals surface area contributed by atoms with Gasteiger partial charge in [-0.2, -0.15) is 0 Å². The summed E-state index contributed by atoms with van der Waals surface area (Å²) in [7, 11) is -3.22. The number of fused-ring (bicyclic) bond motifs is 1. The Bertz CT molecular complexity index is 763. The smallest absolute Gasteiger partial charge is 0.175 e. The summed E-state index contributed by atoms with van der Waals surface area (Å²) in [6.45, 7) is 1.19. The first-order valence-electron chi connectivity index (χ1n) is 6.63. The molecule has 0 saturated carbocycles. The predicted molar refractivity (Wildman–Crippen MR) is 78.5 cm³/mol. The van der Waals surface area contributed by atoms with E-state index in [4.69, 9.17) is 4.74 Å². The van der Waals surface area contributed by atoms with Crippen molar-refractivity contribution in [1.82, 2.24) is 0 Å². The summed E-state index contributed by atoms with van der Waals surface area (Å²) in [6, 6.07) is 12.1. The van der Waals surface area contributed by atoms with Gasteiger partial charge in [-0.15, -0.1) is 0 Å². The van der Waals surface area contributed by atoms with Crippen molar-refractivity contribution in [3.8, 4) is 0 Å². The summed E-state index contributed by atoms with van der Waals surface area (Å²) in [5, 5.41) is 10.4. The Morgan fingerprint density at radius 1 is 1.00 bits per heavy atom. The van der Waals surface area contributed by atoms with Crippen LogP contribution < -0.4 is 0 Å². The van der Waals surface area contributed by atoms with Crippen molar-refractivity contribution < 1.29 is 18.3 Å². The lowest BCUT2D eigenvalue weighted by Crippen LogP contribution is -2.02. The van der Waals surface area contributed by atoms with Gasteiger partial charge in [-0.3, -0.25) is 0 Å². The summed E-state index contributed by atoms with van der Waals surface area (Å²) in [6.07, 6.45) is 0.392. The molecule has 0 spiro atoms. The molecule has 1 unspecified atom stereocenters. The van der Waals surface area contributed by atoms with Crippen LogP contribution in [0.25, 0.3) is 0 Å². The fourth-order valence-corrected chi connectivity index (χ4v) is 3.08. The fourth-order valence-electron chi connectivity index (χ4n) is 2.45. The average Bonchev–Trinajstić information content (AvgIpc) is 2.93. The Balaban J connectivity index is 1.90. The molecule has 2 aromatic rings. The van der Waals surface area contributed by atoms with Gasteiger partial charge in [-0.1, -0.05) is 30.3 Å². The van der Waals surface area contributed by atoms with E-state index in [9.17, 15) is 13.5 Å². The average molecular weight is 304 g/mol. The number of rotatable bonds is 3. The number of aliphatic hydroxyl groups is 1. The molecule has 0 fully saturated rings. The van der Waals surface area contributed by atoms with Crippen molar-refractivity contribution in [2.24, 2.45) is 0 Å². The fraction of sp³-hybridized carbons (Fsp3) is 0.250. The largest absolute Gasteiger partial charge is 0.384 e. The van der Waals surface area contributed by atoms with Crippen LogP contribution in [0, 0.1) is 0 Å². The van der Waals surface area contributed by atoms with Gasteiger partial charge in [0.25, 0.3) is 0 Å². The van der Waals surface area contributed by atoms with Crippen LogP contribution >= 0.6 is 0 Å². The molecule has 0 aromatic heterocycles. The first-order chi connectivity index (χ1) is 9.95. The maximum atomic E-state index is 11.4. The minimum atomic E-state index is -3.22. The SMILES string of the molecule is CS(=O)(=O)c1ccc(C(O)c2ccc3c(c2)COC3)cc1. The van der Waals surface area contributed by atoms with Crippen molar-refractivity contribution in [3.05, 3.63) is 64.7 Å². The van der Waals surface area contributed by atoms with E-state index in [-0.39, 0.29) is 4.90 Å². The molecule has 1 N–H and O–H groups in total. The van der Waals surface area contributed by atoms with Gasteiger partial charge >= 0.3 is 0 Å². The number of aliphatic hydroxyl groups excluding tert-OH is 1. The molecule has 0 bridgehead atoms. The zero-order chi connectivity index (χ0) is 15.0. The Kier molecular flexibility index (Phi) is 3.57. The third-order valence-electron chi connectivity index (χ3n) is 3.69. The van der Waals surface area contributed by atoms with Crippen LogP contribution in [0.1, 0.15) is 28.4 Å². The van der Waals surface area contributed by atoms with Gasteiger partial charge < -0.3 is 9.84 Å². The minimum absolute atomic E-state index is 0.251. The van der Waals surface area contributed by atoms with Gasteiger partial charge in [0.1, 0.15) is 6.10 Å². The number of hydrogen-bond donors (Lipinski definition) is 1. The van der Waals surface area contributed by atoms with Crippen LogP contribution in [0.15, 0.2) is 47.4 Å². The second-order valence-corrected chi connectivity index (χ2v) is 7.28. The van der Waals surface area contributed by atoms with Crippen LogP contribution in [0.5, 0.6) is 0 Å². The lowest BCUT2D eigenvalue weighted by atomic mass is 9.98. The van der Waals surface area contributed by atoms with E-state index in [1.165, 1.54) is 18.4 Å². The molecule has 5 heteroatoms. The number of benzene rings is 2. The molecule has 1 aliphatic rings. The van der Waals surface area contributed by atoms with Crippen LogP contribution in [-0.2, 0) is 27.8 Å². The summed E-state index contributed by atoms with van der Waals surface area (Å²) in [5.41, 5.74) is 3.70. The highest BCUT2D eigenvalue weighted by atomic mass is 32.2. The molecule has 1 atom stereocenters. The van der Waals surface area contributed by atoms with Crippen molar-refractivity contribution >= 4 is 9.84 Å². The summed E-state index contributed by atoms with van der Waals surface area (Å²) >= 11 is 0. The highest BCUT2D eigenvalue weighted by Gasteiger charge is 2.16. The number of sulfone groups is 1. The summed E-state index contributed by atoms with van der Waals surface area (Å²) in [5.74, 6) is 0. The molecule has 21 heavy (non-hydrogen) atoms. The highest BCUT2D eigenvalue weighted by molar-refractivity contribution is 7.90. The second kappa shape index (κ2) is 5.26. The number of hydrogen-bond acceptors (Lipinski definition) is 4. The van der Waals surface area contributed by atoms with Crippen molar-refractivity contribution in [2.45, 2.75) is 24.2 Å². The predicted octanol–water partition coefficient (Wildman–Crippen LogP) is 2.20. The summed E-state index contributed by atoms with van der Waals surface area (Å²) < 4.78 is 28.2. The van der Waals surface area contributed by atoms with E-state index < -0.39 is 15.9 Å². The zero-order valence-corrected chi connectivity index (χ0v) is 12.4. The molecule has 110 valence electrons. The Labute approximate surface area is 123 Å². The Morgan fingerprint density at radius 3 is 2.29 bits per heavy atom. The molecule has 4 nitrogen and oxygen atoms in total. The van der Waals surface area contributed by atoms with E-state index in [2.05, 4.69) is 0 Å². The molecule has 0 saturated heterocycles. The quantitative estimate of drug-likeness (QED) is 0.944. The van der Waals surface area contributed by atoms with E-state index in [0.717, 1.165) is 16.7 Å². The third kappa shape index (κ3) is 2.85. The molecular formula is C16H16O4S. The van der Waals surface area contributed by atoms with Crippen LogP contribution in [0.3, 0.4) is 0 Å². The topological polar surface area (TPSA) is 63.6 Å². The molecule has 0 radical (unpaired) electrons. The number of ether oxygens (including phenoxy) is 1. The van der Waals surface area contributed by atoms with Crippen LogP contribution in [0.4, 0.5) is 0 Å².